The Labute approximate surface area is 108 Å². The van der Waals surface area contributed by atoms with Crippen molar-refractivity contribution in [2.45, 2.75) is 32.7 Å². The van der Waals surface area contributed by atoms with Crippen molar-refractivity contribution in [2.75, 3.05) is 11.9 Å². The first kappa shape index (κ1) is 12.6. The summed E-state index contributed by atoms with van der Waals surface area (Å²) in [6.45, 7) is 4.12. The molecule has 0 saturated heterocycles. The maximum Gasteiger partial charge on any atom is 0.202 e. The first-order valence-corrected chi connectivity index (χ1v) is 6.54. The molecule has 2 heterocycles. The number of imidazole rings is 1. The fourth-order valence-corrected chi connectivity index (χ4v) is 1.85. The van der Waals surface area contributed by atoms with E-state index in [0.29, 0.717) is 0 Å². The minimum absolute atomic E-state index is 0.884. The van der Waals surface area contributed by atoms with E-state index in [0.717, 1.165) is 25.5 Å². The Balaban J connectivity index is 1.81. The van der Waals surface area contributed by atoms with E-state index in [1.54, 1.807) is 6.20 Å². The van der Waals surface area contributed by atoms with Crippen LogP contribution in [-0.2, 0) is 13.0 Å². The zero-order valence-corrected chi connectivity index (χ0v) is 10.8. The average molecular weight is 244 g/mol. The maximum absolute atomic E-state index is 4.34. The number of unbranched alkanes of at least 4 members (excludes halogenated alkanes) is 1. The summed E-state index contributed by atoms with van der Waals surface area (Å²) >= 11 is 0. The van der Waals surface area contributed by atoms with Crippen molar-refractivity contribution in [1.82, 2.24) is 14.5 Å². The van der Waals surface area contributed by atoms with Gasteiger partial charge >= 0.3 is 0 Å². The van der Waals surface area contributed by atoms with E-state index in [1.165, 1.54) is 18.4 Å². The predicted molar refractivity (Wildman–Crippen MR) is 73.6 cm³/mol. The Bertz CT molecular complexity index is 450. The summed E-state index contributed by atoms with van der Waals surface area (Å²) in [5.74, 6) is 0.965. The second-order valence-corrected chi connectivity index (χ2v) is 4.34. The molecule has 0 fully saturated rings. The van der Waals surface area contributed by atoms with E-state index in [4.69, 9.17) is 0 Å². The van der Waals surface area contributed by atoms with Gasteiger partial charge in [-0.25, -0.2) is 4.98 Å². The van der Waals surface area contributed by atoms with Crippen molar-refractivity contribution in [1.29, 1.82) is 0 Å². The molecular weight excluding hydrogens is 224 g/mol. The summed E-state index contributed by atoms with van der Waals surface area (Å²) in [6.07, 6.45) is 10.9. The van der Waals surface area contributed by atoms with Crippen LogP contribution in [0, 0.1) is 0 Å². The van der Waals surface area contributed by atoms with E-state index < -0.39 is 0 Å². The van der Waals surface area contributed by atoms with Gasteiger partial charge in [0.05, 0.1) is 0 Å². The molecule has 0 unspecified atom stereocenters. The lowest BCUT2D eigenvalue weighted by atomic mass is 10.2. The molecule has 4 nitrogen and oxygen atoms in total. The van der Waals surface area contributed by atoms with Crippen molar-refractivity contribution in [3.8, 4) is 0 Å². The highest BCUT2D eigenvalue weighted by Gasteiger charge is 2.01. The topological polar surface area (TPSA) is 42.7 Å². The molecule has 2 aromatic heterocycles. The minimum atomic E-state index is 0.884. The second kappa shape index (κ2) is 6.79. The quantitative estimate of drug-likeness (QED) is 0.814. The van der Waals surface area contributed by atoms with Crippen molar-refractivity contribution in [2.24, 2.45) is 0 Å². The van der Waals surface area contributed by atoms with Gasteiger partial charge in [0.2, 0.25) is 5.95 Å². The molecule has 0 atom stereocenters. The molecule has 96 valence electrons. The van der Waals surface area contributed by atoms with Gasteiger partial charge in [0.1, 0.15) is 0 Å². The van der Waals surface area contributed by atoms with Gasteiger partial charge in [0, 0.05) is 37.9 Å². The number of anilines is 1. The van der Waals surface area contributed by atoms with Crippen LogP contribution in [0.5, 0.6) is 0 Å². The molecule has 0 amide bonds. The first-order valence-electron chi connectivity index (χ1n) is 6.54. The summed E-state index contributed by atoms with van der Waals surface area (Å²) in [5, 5.41) is 3.37. The Hall–Kier alpha value is -1.84. The maximum atomic E-state index is 4.34. The normalized spacial score (nSPS) is 10.5. The molecule has 1 N–H and O–H groups in total. The second-order valence-electron chi connectivity index (χ2n) is 4.34. The van der Waals surface area contributed by atoms with E-state index >= 15 is 0 Å². The lowest BCUT2D eigenvalue weighted by molar-refractivity contribution is 0.635. The van der Waals surface area contributed by atoms with Crippen LogP contribution in [0.3, 0.4) is 0 Å². The van der Waals surface area contributed by atoms with Gasteiger partial charge in [0.15, 0.2) is 0 Å². The van der Waals surface area contributed by atoms with Crippen LogP contribution in [0.15, 0.2) is 36.9 Å². The number of nitrogens with one attached hydrogen (secondary N) is 1. The Kier molecular flexibility index (Phi) is 4.76. The number of rotatable bonds is 7. The van der Waals surface area contributed by atoms with Gasteiger partial charge in [-0.2, -0.15) is 0 Å². The number of aromatic nitrogens is 3. The van der Waals surface area contributed by atoms with Crippen LogP contribution in [0.1, 0.15) is 25.3 Å². The third kappa shape index (κ3) is 3.58. The highest BCUT2D eigenvalue weighted by molar-refractivity contribution is 5.26. The molecular formula is C14H20N4. The molecule has 0 aromatic carbocycles. The average Bonchev–Trinajstić information content (AvgIpc) is 2.85. The predicted octanol–water partition coefficient (Wildman–Crippen LogP) is 2.73. The van der Waals surface area contributed by atoms with Crippen molar-refractivity contribution >= 4 is 5.95 Å². The standard InChI is InChI=1S/C14H20N4/c1-2-3-10-18-11-9-17-14(18)16-8-6-13-5-4-7-15-12-13/h4-5,7,9,11-12H,2-3,6,8,10H2,1H3,(H,16,17). The van der Waals surface area contributed by atoms with Crippen molar-refractivity contribution in [3.63, 3.8) is 0 Å². The molecule has 4 heteroatoms. The Morgan fingerprint density at radius 3 is 3.06 bits per heavy atom. The number of nitrogens with zero attached hydrogens (tertiary/aromatic N) is 3. The van der Waals surface area contributed by atoms with Gasteiger partial charge in [-0.1, -0.05) is 19.4 Å². The number of pyridine rings is 1. The molecule has 0 spiro atoms. The zero-order chi connectivity index (χ0) is 12.6. The largest absolute Gasteiger partial charge is 0.355 e. The number of hydrogen-bond acceptors (Lipinski definition) is 3. The van der Waals surface area contributed by atoms with E-state index in [2.05, 4.69) is 32.8 Å². The van der Waals surface area contributed by atoms with Gasteiger partial charge in [-0.15, -0.1) is 0 Å². The lowest BCUT2D eigenvalue weighted by Crippen LogP contribution is -2.10. The van der Waals surface area contributed by atoms with Gasteiger partial charge < -0.3 is 9.88 Å². The van der Waals surface area contributed by atoms with Crippen LogP contribution in [0.2, 0.25) is 0 Å². The van der Waals surface area contributed by atoms with E-state index in [-0.39, 0.29) is 0 Å². The molecule has 2 rings (SSSR count). The molecule has 0 bridgehead atoms. The lowest BCUT2D eigenvalue weighted by Gasteiger charge is -2.09. The smallest absolute Gasteiger partial charge is 0.202 e. The summed E-state index contributed by atoms with van der Waals surface area (Å²) in [4.78, 5) is 8.45. The molecule has 0 saturated carbocycles. The van der Waals surface area contributed by atoms with Gasteiger partial charge in [-0.3, -0.25) is 4.98 Å². The monoisotopic (exact) mass is 244 g/mol. The van der Waals surface area contributed by atoms with Crippen LogP contribution in [0.4, 0.5) is 5.95 Å². The Morgan fingerprint density at radius 1 is 1.33 bits per heavy atom. The van der Waals surface area contributed by atoms with E-state index in [1.807, 2.05) is 24.7 Å². The number of hydrogen-bond donors (Lipinski definition) is 1. The molecule has 0 aliphatic heterocycles. The van der Waals surface area contributed by atoms with Crippen LogP contribution in [-0.4, -0.2) is 21.1 Å². The summed E-state index contributed by atoms with van der Waals surface area (Å²) in [6, 6.07) is 4.07. The third-order valence-electron chi connectivity index (χ3n) is 2.89. The summed E-state index contributed by atoms with van der Waals surface area (Å²) in [5.41, 5.74) is 1.25. The fraction of sp³-hybridized carbons (Fsp3) is 0.429. The minimum Gasteiger partial charge on any atom is -0.355 e. The molecule has 2 aromatic rings. The third-order valence-corrected chi connectivity index (χ3v) is 2.89. The summed E-state index contributed by atoms with van der Waals surface area (Å²) < 4.78 is 2.17. The highest BCUT2D eigenvalue weighted by Crippen LogP contribution is 2.07. The molecule has 0 radical (unpaired) electrons. The SMILES string of the molecule is CCCCn1ccnc1NCCc1cccnc1. The molecule has 0 aliphatic rings. The van der Waals surface area contributed by atoms with Crippen LogP contribution >= 0.6 is 0 Å². The summed E-state index contributed by atoms with van der Waals surface area (Å²) in [7, 11) is 0. The first-order chi connectivity index (χ1) is 8.90. The van der Waals surface area contributed by atoms with E-state index in [9.17, 15) is 0 Å². The zero-order valence-electron chi connectivity index (χ0n) is 10.8. The molecule has 18 heavy (non-hydrogen) atoms. The number of aryl methyl sites for hydroxylation is 1. The van der Waals surface area contributed by atoms with Gasteiger partial charge in [0.25, 0.3) is 0 Å². The van der Waals surface area contributed by atoms with Gasteiger partial charge in [-0.05, 0) is 24.5 Å². The van der Waals surface area contributed by atoms with Crippen LogP contribution < -0.4 is 5.32 Å². The van der Waals surface area contributed by atoms with Crippen LogP contribution in [0.25, 0.3) is 0 Å². The Morgan fingerprint density at radius 2 is 2.28 bits per heavy atom. The highest BCUT2D eigenvalue weighted by atomic mass is 15.2. The molecule has 0 aliphatic carbocycles. The fourth-order valence-electron chi connectivity index (χ4n) is 1.85. The van der Waals surface area contributed by atoms with Crippen molar-refractivity contribution < 1.29 is 0 Å². The van der Waals surface area contributed by atoms with Crippen molar-refractivity contribution in [3.05, 3.63) is 42.5 Å².